The zero-order chi connectivity index (χ0) is 23.8. The number of pyridine rings is 1. The molecule has 3 rings (SSSR count). The van der Waals surface area contributed by atoms with Gasteiger partial charge in [-0.15, -0.1) is 0 Å². The van der Waals surface area contributed by atoms with Crippen LogP contribution in [0.5, 0.6) is 0 Å². The highest BCUT2D eigenvalue weighted by molar-refractivity contribution is 5.94. The van der Waals surface area contributed by atoms with Gasteiger partial charge in [0.1, 0.15) is 22.8 Å². The molecule has 0 amide bonds. The van der Waals surface area contributed by atoms with Crippen LogP contribution in [0.4, 0.5) is 0 Å². The van der Waals surface area contributed by atoms with Crippen molar-refractivity contribution in [2.75, 3.05) is 52.5 Å². The average Bonchev–Trinajstić information content (AvgIpc) is 3.15. The summed E-state index contributed by atoms with van der Waals surface area (Å²) < 4.78 is 16.4. The molecule has 0 unspecified atom stereocenters. The third kappa shape index (κ3) is 6.40. The van der Waals surface area contributed by atoms with Crippen molar-refractivity contribution in [3.8, 4) is 11.3 Å². The van der Waals surface area contributed by atoms with Crippen molar-refractivity contribution in [1.29, 1.82) is 0 Å². The minimum Gasteiger partial charge on any atom is -0.462 e. The number of carbonyl (C=O) groups is 2. The van der Waals surface area contributed by atoms with E-state index in [-0.39, 0.29) is 18.9 Å². The van der Waals surface area contributed by atoms with Crippen molar-refractivity contribution in [2.24, 2.45) is 0 Å². The Kier molecular flexibility index (Phi) is 8.99. The van der Waals surface area contributed by atoms with Gasteiger partial charge in [0.25, 0.3) is 0 Å². The Hall–Kier alpha value is -2.75. The van der Waals surface area contributed by atoms with E-state index in [2.05, 4.69) is 20.5 Å². The molecule has 1 aliphatic heterocycles. The van der Waals surface area contributed by atoms with Gasteiger partial charge in [0, 0.05) is 56.9 Å². The summed E-state index contributed by atoms with van der Waals surface area (Å²) in [7, 11) is 0. The lowest BCUT2D eigenvalue weighted by atomic mass is 10.0. The molecule has 2 aromatic heterocycles. The Labute approximate surface area is 194 Å². The van der Waals surface area contributed by atoms with Gasteiger partial charge in [-0.3, -0.25) is 4.90 Å². The van der Waals surface area contributed by atoms with Crippen molar-refractivity contribution >= 4 is 11.9 Å². The van der Waals surface area contributed by atoms with Crippen LogP contribution < -0.4 is 10.6 Å². The molecule has 2 aromatic rings. The zero-order valence-corrected chi connectivity index (χ0v) is 20.0. The summed E-state index contributed by atoms with van der Waals surface area (Å²) in [6, 6.07) is 3.57. The van der Waals surface area contributed by atoms with Gasteiger partial charge in [0.05, 0.1) is 18.9 Å². The van der Waals surface area contributed by atoms with E-state index in [1.165, 1.54) is 0 Å². The number of carbonyl (C=O) groups excluding carboxylic acids is 2. The van der Waals surface area contributed by atoms with Crippen LogP contribution in [-0.2, 0) is 16.0 Å². The first kappa shape index (κ1) is 24.9. The third-order valence-electron chi connectivity index (χ3n) is 5.50. The summed E-state index contributed by atoms with van der Waals surface area (Å²) in [5.41, 5.74) is 2.73. The average molecular weight is 459 g/mol. The standard InChI is InChI=1S/C24H34N4O5/c1-5-31-23(29)20-14-18(22-16(3)21(17(4)33-22)24(30)32-6-2)13-19(27-20)15-28-11-9-25-7-8-26-10-12-28/h13-14,25-26H,5-12,15H2,1-4H3. The molecule has 180 valence electrons. The predicted octanol–water partition coefficient (Wildman–Crippen LogP) is 2.31. The maximum atomic E-state index is 12.5. The van der Waals surface area contributed by atoms with Gasteiger partial charge in [-0.05, 0) is 39.8 Å². The molecule has 0 radical (unpaired) electrons. The lowest BCUT2D eigenvalue weighted by Crippen LogP contribution is -2.34. The Morgan fingerprint density at radius 3 is 2.27 bits per heavy atom. The molecular formula is C24H34N4O5. The Morgan fingerprint density at radius 2 is 1.64 bits per heavy atom. The Bertz CT molecular complexity index is 962. The van der Waals surface area contributed by atoms with Gasteiger partial charge < -0.3 is 24.5 Å². The molecular weight excluding hydrogens is 424 g/mol. The summed E-state index contributed by atoms with van der Waals surface area (Å²) in [4.78, 5) is 31.8. The van der Waals surface area contributed by atoms with Crippen LogP contribution in [0.3, 0.4) is 0 Å². The number of esters is 2. The maximum absolute atomic E-state index is 12.5. The van der Waals surface area contributed by atoms with Crippen LogP contribution in [0, 0.1) is 13.8 Å². The maximum Gasteiger partial charge on any atom is 0.356 e. The van der Waals surface area contributed by atoms with Crippen LogP contribution in [0.25, 0.3) is 11.3 Å². The first-order chi connectivity index (χ1) is 15.9. The quantitative estimate of drug-likeness (QED) is 0.605. The van der Waals surface area contributed by atoms with Crippen molar-refractivity contribution in [2.45, 2.75) is 34.2 Å². The Balaban J connectivity index is 1.97. The molecule has 0 aliphatic carbocycles. The van der Waals surface area contributed by atoms with Crippen LogP contribution in [0.15, 0.2) is 16.5 Å². The molecule has 0 atom stereocenters. The van der Waals surface area contributed by atoms with Crippen LogP contribution in [0.2, 0.25) is 0 Å². The highest BCUT2D eigenvalue weighted by Gasteiger charge is 2.24. The second-order valence-electron chi connectivity index (χ2n) is 7.94. The van der Waals surface area contributed by atoms with E-state index in [1.54, 1.807) is 26.8 Å². The number of nitrogens with zero attached hydrogens (tertiary/aromatic N) is 2. The molecule has 0 saturated carbocycles. The van der Waals surface area contributed by atoms with Crippen molar-refractivity contribution in [1.82, 2.24) is 20.5 Å². The van der Waals surface area contributed by atoms with Crippen molar-refractivity contribution in [3.63, 3.8) is 0 Å². The molecule has 1 saturated heterocycles. The number of hydrogen-bond acceptors (Lipinski definition) is 9. The number of furan rings is 1. The number of aryl methyl sites for hydroxylation is 1. The van der Waals surface area contributed by atoms with E-state index in [0.29, 0.717) is 34.8 Å². The van der Waals surface area contributed by atoms with Gasteiger partial charge in [-0.2, -0.15) is 0 Å². The minimum atomic E-state index is -0.486. The molecule has 2 N–H and O–H groups in total. The highest BCUT2D eigenvalue weighted by Crippen LogP contribution is 2.32. The second kappa shape index (κ2) is 11.9. The molecule has 0 spiro atoms. The largest absolute Gasteiger partial charge is 0.462 e. The van der Waals surface area contributed by atoms with E-state index in [9.17, 15) is 9.59 Å². The summed E-state index contributed by atoms with van der Waals surface area (Å²) >= 11 is 0. The molecule has 9 heteroatoms. The van der Waals surface area contributed by atoms with Gasteiger partial charge >= 0.3 is 11.9 Å². The zero-order valence-electron chi connectivity index (χ0n) is 20.0. The van der Waals surface area contributed by atoms with Crippen LogP contribution >= 0.6 is 0 Å². The first-order valence-electron chi connectivity index (χ1n) is 11.5. The van der Waals surface area contributed by atoms with Crippen molar-refractivity contribution in [3.05, 3.63) is 40.4 Å². The van der Waals surface area contributed by atoms with E-state index >= 15 is 0 Å². The minimum absolute atomic E-state index is 0.219. The monoisotopic (exact) mass is 458 g/mol. The van der Waals surface area contributed by atoms with Crippen LogP contribution in [-0.4, -0.2) is 74.3 Å². The van der Waals surface area contributed by atoms with E-state index in [1.807, 2.05) is 13.0 Å². The Morgan fingerprint density at radius 1 is 1.00 bits per heavy atom. The van der Waals surface area contributed by atoms with Crippen molar-refractivity contribution < 1.29 is 23.5 Å². The molecule has 0 bridgehead atoms. The number of nitrogens with one attached hydrogen (secondary N) is 2. The van der Waals surface area contributed by atoms with Gasteiger partial charge in [-0.25, -0.2) is 14.6 Å². The number of aromatic nitrogens is 1. The smallest absolute Gasteiger partial charge is 0.356 e. The van der Waals surface area contributed by atoms with Gasteiger partial charge in [-0.1, -0.05) is 0 Å². The summed E-state index contributed by atoms with van der Waals surface area (Å²) in [6.07, 6.45) is 0. The molecule has 3 heterocycles. The lowest BCUT2D eigenvalue weighted by Gasteiger charge is -2.21. The topological polar surface area (TPSA) is 106 Å². The number of rotatable bonds is 7. The fourth-order valence-corrected chi connectivity index (χ4v) is 3.94. The van der Waals surface area contributed by atoms with Crippen LogP contribution in [0.1, 0.15) is 51.7 Å². The van der Waals surface area contributed by atoms with Gasteiger partial charge in [0.2, 0.25) is 0 Å². The fourth-order valence-electron chi connectivity index (χ4n) is 3.94. The first-order valence-corrected chi connectivity index (χ1v) is 11.5. The molecule has 0 aromatic carbocycles. The molecule has 9 nitrogen and oxygen atoms in total. The lowest BCUT2D eigenvalue weighted by molar-refractivity contribution is 0.0511. The van der Waals surface area contributed by atoms with Gasteiger partial charge in [0.15, 0.2) is 0 Å². The second-order valence-corrected chi connectivity index (χ2v) is 7.94. The summed E-state index contributed by atoms with van der Waals surface area (Å²) in [5, 5.41) is 6.81. The third-order valence-corrected chi connectivity index (χ3v) is 5.50. The fraction of sp³-hybridized carbons (Fsp3) is 0.542. The molecule has 1 aliphatic rings. The number of ether oxygens (including phenoxy) is 2. The van der Waals surface area contributed by atoms with E-state index < -0.39 is 11.9 Å². The summed E-state index contributed by atoms with van der Waals surface area (Å²) in [6.45, 7) is 13.6. The normalized spacial score (nSPS) is 15.4. The van der Waals surface area contributed by atoms with E-state index in [4.69, 9.17) is 13.9 Å². The van der Waals surface area contributed by atoms with E-state index in [0.717, 1.165) is 45.0 Å². The predicted molar refractivity (Wildman–Crippen MR) is 124 cm³/mol. The highest BCUT2D eigenvalue weighted by atomic mass is 16.5. The number of hydrogen-bond donors (Lipinski definition) is 2. The molecule has 33 heavy (non-hydrogen) atoms. The summed E-state index contributed by atoms with van der Waals surface area (Å²) in [5.74, 6) is 0.103. The molecule has 1 fully saturated rings. The SMILES string of the molecule is CCOC(=O)c1cc(-c2oc(C)c(C(=O)OCC)c2C)cc(CN2CCNCCNCC2)n1.